The van der Waals surface area contributed by atoms with Crippen LogP contribution in [0.2, 0.25) is 0 Å². The van der Waals surface area contributed by atoms with Crippen LogP contribution in [0.15, 0.2) is 113 Å². The van der Waals surface area contributed by atoms with Gasteiger partial charge in [-0.2, -0.15) is 10.2 Å². The molecule has 0 N–H and O–H groups in total. The molecule has 3 atom stereocenters. The Hall–Kier alpha value is -5.46. The summed E-state index contributed by atoms with van der Waals surface area (Å²) in [6.45, 7) is 10.9. The van der Waals surface area contributed by atoms with Gasteiger partial charge >= 0.3 is 5.69 Å². The number of hydrazone groups is 1. The molecule has 282 valence electrons. The van der Waals surface area contributed by atoms with Crippen LogP contribution in [0.4, 0.5) is 11.4 Å². The Morgan fingerprint density at radius 3 is 2.37 bits per heavy atom. The number of likely N-dealkylation sites (N-methyl/N-ethyl adjacent to an activating group) is 1. The molecule has 2 saturated heterocycles. The molecule has 0 spiro atoms. The maximum absolute atomic E-state index is 12.8. The smallest absolute Gasteiger partial charge is 0.350 e. The van der Waals surface area contributed by atoms with E-state index in [0.717, 1.165) is 78.3 Å². The summed E-state index contributed by atoms with van der Waals surface area (Å²) in [6.07, 6.45) is 10.8. The second-order valence-electron chi connectivity index (χ2n) is 13.9. The van der Waals surface area contributed by atoms with Gasteiger partial charge in [0.2, 0.25) is 5.79 Å². The Labute approximate surface area is 316 Å². The number of pyridine rings is 1. The fourth-order valence-corrected chi connectivity index (χ4v) is 6.90. The van der Waals surface area contributed by atoms with Gasteiger partial charge in [-0.15, -0.1) is 0 Å². The standard InChI is InChI=1S/C42H50N8O4/c1-5-7-10-21-44-46(4)30-42(34-26-33-11-8-9-12-40(33)43-27-34)53-29-39(54-42)28-52-38-19-17-36(18-20-38)48-24-22-47(23-25-48)35-13-15-37(16-14-35)49-31-45-50(41(49)51)32(3)6-2/h7-21,26-27,31-32,39H,5-6,22-25,28-30H2,1-4H3. The number of allylic oxidation sites excluding steroid dienone is 2. The summed E-state index contributed by atoms with van der Waals surface area (Å²) in [6, 6.07) is 26.6. The summed E-state index contributed by atoms with van der Waals surface area (Å²) in [7, 11) is 1.91. The van der Waals surface area contributed by atoms with E-state index in [1.165, 1.54) is 0 Å². The lowest BCUT2D eigenvalue weighted by Gasteiger charge is -2.37. The third-order valence-corrected chi connectivity index (χ3v) is 10.2. The molecule has 2 fully saturated rings. The van der Waals surface area contributed by atoms with Gasteiger partial charge in [-0.05, 0) is 86.5 Å². The van der Waals surface area contributed by atoms with Gasteiger partial charge in [0.15, 0.2) is 0 Å². The van der Waals surface area contributed by atoms with Crippen LogP contribution in [0, 0.1) is 0 Å². The SMILES string of the molecule is CCC=CC=NN(C)CC1(c2cnc3ccccc3c2)OCC(COc2ccc(N3CCN(c4ccc(-n5cnn(C(C)CC)c5=O)cc4)CC3)cc2)O1. The Balaban J connectivity index is 0.935. The van der Waals surface area contributed by atoms with E-state index in [2.05, 4.69) is 70.3 Å². The average Bonchev–Trinajstić information content (AvgIpc) is 3.82. The minimum Gasteiger partial charge on any atom is -0.491 e. The molecule has 3 aromatic carbocycles. The third kappa shape index (κ3) is 8.19. The van der Waals surface area contributed by atoms with Gasteiger partial charge in [0, 0.05) is 68.0 Å². The molecule has 2 aliphatic rings. The first-order valence-electron chi connectivity index (χ1n) is 18.9. The lowest BCUT2D eigenvalue weighted by molar-refractivity contribution is -0.189. The lowest BCUT2D eigenvalue weighted by atomic mass is 10.1. The Bertz CT molecular complexity index is 2100. The predicted molar refractivity (Wildman–Crippen MR) is 214 cm³/mol. The van der Waals surface area contributed by atoms with Crippen LogP contribution in [0.25, 0.3) is 16.6 Å². The van der Waals surface area contributed by atoms with Crippen molar-refractivity contribution in [2.24, 2.45) is 5.10 Å². The highest BCUT2D eigenvalue weighted by atomic mass is 16.8. The summed E-state index contributed by atoms with van der Waals surface area (Å²) in [4.78, 5) is 22.3. The largest absolute Gasteiger partial charge is 0.491 e. The van der Waals surface area contributed by atoms with Crippen molar-refractivity contribution in [3.63, 3.8) is 0 Å². The van der Waals surface area contributed by atoms with Gasteiger partial charge in [-0.1, -0.05) is 38.1 Å². The van der Waals surface area contributed by atoms with Gasteiger partial charge < -0.3 is 24.0 Å². The number of hydrogen-bond donors (Lipinski definition) is 0. The third-order valence-electron chi connectivity index (χ3n) is 10.2. The van der Waals surface area contributed by atoms with E-state index in [1.807, 2.05) is 79.8 Å². The number of anilines is 2. The molecule has 2 aromatic heterocycles. The first-order chi connectivity index (χ1) is 26.4. The van der Waals surface area contributed by atoms with Crippen molar-refractivity contribution in [3.05, 3.63) is 120 Å². The number of para-hydroxylation sites is 1. The van der Waals surface area contributed by atoms with Crippen molar-refractivity contribution in [2.75, 3.05) is 62.8 Å². The molecule has 0 radical (unpaired) electrons. The van der Waals surface area contributed by atoms with Crippen molar-refractivity contribution < 1.29 is 14.2 Å². The molecule has 0 saturated carbocycles. The molecule has 12 nitrogen and oxygen atoms in total. The molecular weight excluding hydrogens is 681 g/mol. The second-order valence-corrected chi connectivity index (χ2v) is 13.9. The van der Waals surface area contributed by atoms with Gasteiger partial charge in [-0.3, -0.25) is 9.99 Å². The summed E-state index contributed by atoms with van der Waals surface area (Å²) < 4.78 is 22.5. The average molecular weight is 731 g/mol. The van der Waals surface area contributed by atoms with E-state index in [9.17, 15) is 4.79 Å². The first kappa shape index (κ1) is 36.9. The molecule has 54 heavy (non-hydrogen) atoms. The number of ether oxygens (including phenoxy) is 3. The van der Waals surface area contributed by atoms with Crippen molar-refractivity contribution in [1.29, 1.82) is 0 Å². The molecule has 12 heteroatoms. The van der Waals surface area contributed by atoms with E-state index < -0.39 is 5.79 Å². The van der Waals surface area contributed by atoms with Crippen molar-refractivity contribution in [3.8, 4) is 11.4 Å². The predicted octanol–water partition coefficient (Wildman–Crippen LogP) is 6.41. The Morgan fingerprint density at radius 1 is 0.981 bits per heavy atom. The molecule has 0 bridgehead atoms. The van der Waals surface area contributed by atoms with E-state index in [0.29, 0.717) is 19.8 Å². The number of nitrogens with zero attached hydrogens (tertiary/aromatic N) is 8. The minimum atomic E-state index is -1.05. The van der Waals surface area contributed by atoms with Gasteiger partial charge in [0.05, 0.1) is 30.4 Å². The quantitative estimate of drug-likeness (QED) is 0.0948. The second kappa shape index (κ2) is 16.7. The van der Waals surface area contributed by atoms with E-state index in [4.69, 9.17) is 19.2 Å². The minimum absolute atomic E-state index is 0.0674. The van der Waals surface area contributed by atoms with E-state index in [1.54, 1.807) is 21.8 Å². The number of fused-ring (bicyclic) bond motifs is 1. The van der Waals surface area contributed by atoms with Crippen molar-refractivity contribution in [1.82, 2.24) is 24.3 Å². The highest BCUT2D eigenvalue weighted by molar-refractivity contribution is 5.79. The maximum Gasteiger partial charge on any atom is 0.350 e. The van der Waals surface area contributed by atoms with Crippen LogP contribution < -0.4 is 20.2 Å². The van der Waals surface area contributed by atoms with Gasteiger partial charge in [0.1, 0.15) is 24.8 Å². The van der Waals surface area contributed by atoms with Crippen LogP contribution in [-0.4, -0.2) is 89.6 Å². The van der Waals surface area contributed by atoms with Crippen LogP contribution in [-0.2, 0) is 15.3 Å². The molecule has 7 rings (SSSR count). The molecule has 0 amide bonds. The molecular formula is C42H50N8O4. The Morgan fingerprint density at radius 2 is 1.67 bits per heavy atom. The molecule has 5 aromatic rings. The molecule has 4 heterocycles. The highest BCUT2D eigenvalue weighted by Gasteiger charge is 2.45. The lowest BCUT2D eigenvalue weighted by Crippen LogP contribution is -2.46. The van der Waals surface area contributed by atoms with Crippen molar-refractivity contribution >= 4 is 28.5 Å². The zero-order valence-electron chi connectivity index (χ0n) is 31.6. The van der Waals surface area contributed by atoms with Crippen LogP contribution >= 0.6 is 0 Å². The number of benzene rings is 3. The van der Waals surface area contributed by atoms with Crippen LogP contribution in [0.1, 0.15) is 45.2 Å². The summed E-state index contributed by atoms with van der Waals surface area (Å²) >= 11 is 0. The molecule has 0 aliphatic carbocycles. The monoisotopic (exact) mass is 730 g/mol. The number of hydrogen-bond acceptors (Lipinski definition) is 10. The summed E-state index contributed by atoms with van der Waals surface area (Å²) in [5.74, 6) is -0.264. The van der Waals surface area contributed by atoms with Crippen LogP contribution in [0.3, 0.4) is 0 Å². The van der Waals surface area contributed by atoms with Crippen LogP contribution in [0.5, 0.6) is 5.75 Å². The fourth-order valence-electron chi connectivity index (χ4n) is 6.90. The zero-order valence-corrected chi connectivity index (χ0v) is 31.6. The molecule has 3 unspecified atom stereocenters. The topological polar surface area (TPSA) is 102 Å². The summed E-state index contributed by atoms with van der Waals surface area (Å²) in [5.41, 5.74) is 4.78. The maximum atomic E-state index is 12.8. The van der Waals surface area contributed by atoms with E-state index >= 15 is 0 Å². The first-order valence-corrected chi connectivity index (χ1v) is 18.9. The zero-order chi connectivity index (χ0) is 37.5. The number of rotatable bonds is 14. The number of piperazine rings is 1. The number of aromatic nitrogens is 4. The normalized spacial score (nSPS) is 19.7. The fraction of sp³-hybridized carbons (Fsp3) is 0.381. The van der Waals surface area contributed by atoms with Gasteiger partial charge in [0.25, 0.3) is 0 Å². The molecule has 2 aliphatic heterocycles. The highest BCUT2D eigenvalue weighted by Crippen LogP contribution is 2.36. The summed E-state index contributed by atoms with van der Waals surface area (Å²) in [5, 5.41) is 11.7. The van der Waals surface area contributed by atoms with E-state index in [-0.39, 0.29) is 17.8 Å². The van der Waals surface area contributed by atoms with Crippen molar-refractivity contribution in [2.45, 2.75) is 51.5 Å². The Kier molecular flexibility index (Phi) is 11.4. The van der Waals surface area contributed by atoms with Gasteiger partial charge in [-0.25, -0.2) is 14.0 Å².